The van der Waals surface area contributed by atoms with E-state index in [9.17, 15) is 23.2 Å². The lowest BCUT2D eigenvalue weighted by atomic mass is 10.0. The van der Waals surface area contributed by atoms with Gasteiger partial charge in [-0.15, -0.1) is 0 Å². The Morgan fingerprint density at radius 1 is 0.643 bits per heavy atom. The maximum absolute atomic E-state index is 10.8. The van der Waals surface area contributed by atoms with Crippen LogP contribution < -0.4 is 0 Å². The number of rotatable bonds is 21. The van der Waals surface area contributed by atoms with Crippen LogP contribution in [0.1, 0.15) is 90.4 Å². The van der Waals surface area contributed by atoms with Gasteiger partial charge >= 0.3 is 0 Å². The molecule has 7 heteroatoms. The predicted molar refractivity (Wildman–Crippen MR) is 114 cm³/mol. The molecule has 0 spiro atoms. The van der Waals surface area contributed by atoms with Crippen LogP contribution in [-0.2, 0) is 10.1 Å². The van der Waals surface area contributed by atoms with Crippen molar-refractivity contribution in [3.63, 3.8) is 0 Å². The first-order valence-corrected chi connectivity index (χ1v) is 13.0. The third-order valence-electron chi connectivity index (χ3n) is 5.66. The lowest BCUT2D eigenvalue weighted by Gasteiger charge is -2.38. The summed E-state index contributed by atoms with van der Waals surface area (Å²) in [6.45, 7) is 4.57. The molecule has 28 heavy (non-hydrogen) atoms. The topological polar surface area (TPSA) is 97.7 Å². The van der Waals surface area contributed by atoms with E-state index in [1.165, 1.54) is 64.2 Å². The summed E-state index contributed by atoms with van der Waals surface area (Å²) in [5, 5.41) is 18.8. The first-order chi connectivity index (χ1) is 13.4. The smallest absolute Gasteiger partial charge is 0.102 e. The van der Waals surface area contributed by atoms with Gasteiger partial charge < -0.3 is 19.2 Å². The minimum Gasteiger partial charge on any atom is -0.748 e. The van der Waals surface area contributed by atoms with Gasteiger partial charge in [0.2, 0.25) is 0 Å². The quantitative estimate of drug-likeness (QED) is 0.167. The van der Waals surface area contributed by atoms with E-state index in [0.717, 1.165) is 19.4 Å². The normalized spacial score (nSPS) is 12.6. The first-order valence-electron chi connectivity index (χ1n) is 11.4. The van der Waals surface area contributed by atoms with Gasteiger partial charge in [-0.3, -0.25) is 0 Å². The monoisotopic (exact) mass is 423 g/mol. The molecule has 0 fully saturated rings. The SMILES string of the molecule is CCCCCCCCCCCCCC[N+](CCO)(CCO)CCCS(=O)(=O)[O-]. The van der Waals surface area contributed by atoms with Crippen molar-refractivity contribution < 1.29 is 27.7 Å². The summed E-state index contributed by atoms with van der Waals surface area (Å²) in [5.41, 5.74) is 0. The molecular weight excluding hydrogens is 378 g/mol. The molecule has 0 heterocycles. The van der Waals surface area contributed by atoms with Gasteiger partial charge in [0.15, 0.2) is 0 Å². The Morgan fingerprint density at radius 3 is 1.43 bits per heavy atom. The number of aliphatic hydroxyl groups excluding tert-OH is 2. The standard InChI is InChI=1S/C21H45NO5S/c1-2-3-4-5-6-7-8-9-10-11-12-13-15-22(17-19-23,18-20-24)16-14-21-28(25,26)27/h23-24H,2-21H2,1H3. The summed E-state index contributed by atoms with van der Waals surface area (Å²) in [6, 6.07) is 0. The molecular formula is C21H45NO5S. The van der Waals surface area contributed by atoms with E-state index in [2.05, 4.69) is 6.92 Å². The van der Waals surface area contributed by atoms with Crippen molar-refractivity contribution in [2.45, 2.75) is 90.4 Å². The summed E-state index contributed by atoms with van der Waals surface area (Å²) in [4.78, 5) is 0. The fourth-order valence-electron chi connectivity index (χ4n) is 3.96. The van der Waals surface area contributed by atoms with Crippen LogP contribution in [0.15, 0.2) is 0 Å². The first kappa shape index (κ1) is 27.8. The molecule has 0 saturated heterocycles. The van der Waals surface area contributed by atoms with Crippen LogP contribution in [0, 0.1) is 0 Å². The number of aliphatic hydroxyl groups is 2. The number of nitrogens with zero attached hydrogens (tertiary/aromatic N) is 1. The molecule has 0 aromatic rings. The van der Waals surface area contributed by atoms with E-state index in [4.69, 9.17) is 0 Å². The molecule has 0 aliphatic carbocycles. The molecule has 0 aromatic carbocycles. The average molecular weight is 424 g/mol. The fraction of sp³-hybridized carbons (Fsp3) is 1.00. The van der Waals surface area contributed by atoms with E-state index in [1.54, 1.807) is 0 Å². The van der Waals surface area contributed by atoms with Crippen molar-refractivity contribution in [2.75, 3.05) is 45.1 Å². The second kappa shape index (κ2) is 17.6. The van der Waals surface area contributed by atoms with E-state index < -0.39 is 10.1 Å². The molecule has 0 radical (unpaired) electrons. The Morgan fingerprint density at radius 2 is 1.04 bits per heavy atom. The Balaban J connectivity index is 3.97. The van der Waals surface area contributed by atoms with Gasteiger partial charge in [-0.2, -0.15) is 0 Å². The predicted octanol–water partition coefficient (Wildman–Crippen LogP) is 3.42. The van der Waals surface area contributed by atoms with Gasteiger partial charge in [0.1, 0.15) is 13.1 Å². The number of hydrogen-bond donors (Lipinski definition) is 2. The molecule has 2 N–H and O–H groups in total. The van der Waals surface area contributed by atoms with Crippen LogP contribution in [-0.4, -0.2) is 72.8 Å². The van der Waals surface area contributed by atoms with Gasteiger partial charge in [0.05, 0.1) is 36.4 Å². The third kappa shape index (κ3) is 16.7. The average Bonchev–Trinajstić information content (AvgIpc) is 2.62. The van der Waals surface area contributed by atoms with Crippen molar-refractivity contribution in [1.82, 2.24) is 0 Å². The van der Waals surface area contributed by atoms with Gasteiger partial charge in [-0.05, 0) is 12.8 Å². The van der Waals surface area contributed by atoms with Crippen molar-refractivity contribution in [3.8, 4) is 0 Å². The van der Waals surface area contributed by atoms with Crippen molar-refractivity contribution in [3.05, 3.63) is 0 Å². The van der Waals surface area contributed by atoms with E-state index >= 15 is 0 Å². The van der Waals surface area contributed by atoms with Crippen LogP contribution >= 0.6 is 0 Å². The Hall–Kier alpha value is -0.210. The highest BCUT2D eigenvalue weighted by Gasteiger charge is 2.25. The molecule has 6 nitrogen and oxygen atoms in total. The van der Waals surface area contributed by atoms with Gasteiger partial charge in [-0.1, -0.05) is 71.1 Å². The lowest BCUT2D eigenvalue weighted by Crippen LogP contribution is -2.53. The summed E-state index contributed by atoms with van der Waals surface area (Å²) < 4.78 is 33.0. The zero-order valence-corrected chi connectivity index (χ0v) is 18.9. The van der Waals surface area contributed by atoms with Gasteiger partial charge in [0, 0.05) is 12.2 Å². The molecule has 0 rings (SSSR count). The van der Waals surface area contributed by atoms with Crippen LogP contribution in [0.3, 0.4) is 0 Å². The maximum atomic E-state index is 10.8. The summed E-state index contributed by atoms with van der Waals surface area (Å²) in [5.74, 6) is -0.373. The van der Waals surface area contributed by atoms with E-state index in [-0.39, 0.29) is 25.4 Å². The second-order valence-electron chi connectivity index (χ2n) is 8.19. The molecule has 0 aromatic heterocycles. The number of quaternary nitrogens is 1. The van der Waals surface area contributed by atoms with Crippen LogP contribution in [0.25, 0.3) is 0 Å². The lowest BCUT2D eigenvalue weighted by molar-refractivity contribution is -0.928. The van der Waals surface area contributed by atoms with Crippen LogP contribution in [0.4, 0.5) is 0 Å². The fourth-order valence-corrected chi connectivity index (χ4v) is 4.44. The molecule has 0 unspecified atom stereocenters. The highest BCUT2D eigenvalue weighted by molar-refractivity contribution is 7.85. The van der Waals surface area contributed by atoms with Gasteiger partial charge in [0.25, 0.3) is 0 Å². The van der Waals surface area contributed by atoms with Crippen molar-refractivity contribution in [2.24, 2.45) is 0 Å². The Kier molecular flexibility index (Phi) is 17.5. The minimum absolute atomic E-state index is 0.00236. The molecule has 170 valence electrons. The molecule has 0 atom stereocenters. The van der Waals surface area contributed by atoms with E-state index in [1.807, 2.05) is 0 Å². The van der Waals surface area contributed by atoms with E-state index in [0.29, 0.717) is 24.1 Å². The van der Waals surface area contributed by atoms with Crippen LogP contribution in [0.5, 0.6) is 0 Å². The largest absolute Gasteiger partial charge is 0.748 e. The molecule has 0 aliphatic heterocycles. The highest BCUT2D eigenvalue weighted by Crippen LogP contribution is 2.15. The Bertz CT molecular complexity index is 436. The summed E-state index contributed by atoms with van der Waals surface area (Å²) >= 11 is 0. The summed E-state index contributed by atoms with van der Waals surface area (Å²) in [7, 11) is -4.21. The summed E-state index contributed by atoms with van der Waals surface area (Å²) in [6.07, 6.45) is 15.6. The van der Waals surface area contributed by atoms with Gasteiger partial charge in [-0.25, -0.2) is 8.42 Å². The highest BCUT2D eigenvalue weighted by atomic mass is 32.2. The molecule has 0 saturated carbocycles. The maximum Gasteiger partial charge on any atom is 0.102 e. The zero-order chi connectivity index (χ0) is 21.1. The minimum atomic E-state index is -4.21. The van der Waals surface area contributed by atoms with Crippen molar-refractivity contribution in [1.29, 1.82) is 0 Å². The molecule has 0 bridgehead atoms. The Labute approximate surface area is 173 Å². The van der Waals surface area contributed by atoms with Crippen LogP contribution in [0.2, 0.25) is 0 Å². The molecule has 0 amide bonds. The second-order valence-corrected chi connectivity index (χ2v) is 9.71. The van der Waals surface area contributed by atoms with Crippen molar-refractivity contribution >= 4 is 10.1 Å². The number of unbranched alkanes of at least 4 members (excludes halogenated alkanes) is 11. The molecule has 0 aliphatic rings. The zero-order valence-electron chi connectivity index (χ0n) is 18.1. The third-order valence-corrected chi connectivity index (χ3v) is 6.45. The number of hydrogen-bond acceptors (Lipinski definition) is 5.